The van der Waals surface area contributed by atoms with E-state index in [4.69, 9.17) is 17.6 Å². The summed E-state index contributed by atoms with van der Waals surface area (Å²) in [7, 11) is 0. The largest absolute Gasteiger partial charge is 0.340 e. The summed E-state index contributed by atoms with van der Waals surface area (Å²) in [5.74, 6) is 0.0294. The fourth-order valence-electron chi connectivity index (χ4n) is 2.22. The third kappa shape index (κ3) is 2.21. The molecular formula is C16H13N3OS. The summed E-state index contributed by atoms with van der Waals surface area (Å²) >= 11 is 5.27. The highest BCUT2D eigenvalue weighted by Gasteiger charge is 2.40. The van der Waals surface area contributed by atoms with E-state index in [0.29, 0.717) is 11.4 Å². The number of carbonyl (C=O) groups excluding carboxylic acids is 1. The molecule has 0 aromatic heterocycles. The maximum absolute atomic E-state index is 12.6. The van der Waals surface area contributed by atoms with Gasteiger partial charge in [-0.15, -0.1) is 0 Å². The number of amides is 2. The number of para-hydroxylation sites is 1. The summed E-state index contributed by atoms with van der Waals surface area (Å²) in [5.41, 5.74) is 2.43. The Morgan fingerprint density at radius 1 is 0.905 bits per heavy atom. The van der Waals surface area contributed by atoms with Gasteiger partial charge in [0, 0.05) is 0 Å². The van der Waals surface area contributed by atoms with Crippen molar-refractivity contribution in [3.8, 4) is 0 Å². The van der Waals surface area contributed by atoms with Crippen molar-refractivity contribution in [1.29, 1.82) is 5.41 Å². The molecule has 0 radical (unpaired) electrons. The topological polar surface area (TPSA) is 47.4 Å². The van der Waals surface area contributed by atoms with Crippen LogP contribution in [0.3, 0.4) is 0 Å². The molecule has 0 saturated carbocycles. The second-order valence-corrected chi connectivity index (χ2v) is 5.16. The van der Waals surface area contributed by atoms with Crippen molar-refractivity contribution >= 4 is 40.4 Å². The number of hydrogen-bond acceptors (Lipinski definition) is 3. The van der Waals surface area contributed by atoms with E-state index in [1.54, 1.807) is 12.1 Å². The Kier molecular flexibility index (Phi) is 3.27. The van der Waals surface area contributed by atoms with Crippen molar-refractivity contribution in [2.45, 2.75) is 6.92 Å². The third-order valence-electron chi connectivity index (χ3n) is 3.32. The highest BCUT2D eigenvalue weighted by Crippen LogP contribution is 2.27. The monoisotopic (exact) mass is 295 g/mol. The first-order valence-corrected chi connectivity index (χ1v) is 6.89. The van der Waals surface area contributed by atoms with Crippen LogP contribution in [0.15, 0.2) is 54.6 Å². The molecule has 0 spiro atoms. The van der Waals surface area contributed by atoms with E-state index < -0.39 is 0 Å². The fourth-order valence-corrected chi connectivity index (χ4v) is 2.50. The summed E-state index contributed by atoms with van der Waals surface area (Å²) < 4.78 is 0. The Hall–Kier alpha value is -2.53. The molecule has 2 amide bonds. The Morgan fingerprint density at radius 2 is 1.48 bits per heavy atom. The highest BCUT2D eigenvalue weighted by atomic mass is 32.1. The molecule has 0 bridgehead atoms. The number of rotatable bonds is 2. The van der Waals surface area contributed by atoms with Crippen LogP contribution in [0.25, 0.3) is 0 Å². The van der Waals surface area contributed by atoms with Crippen molar-refractivity contribution in [3.05, 3.63) is 60.2 Å². The smallest absolute Gasteiger partial charge is 0.281 e. The van der Waals surface area contributed by atoms with Crippen LogP contribution in [0, 0.1) is 12.3 Å². The van der Waals surface area contributed by atoms with E-state index in [-0.39, 0.29) is 16.9 Å². The van der Waals surface area contributed by atoms with E-state index in [0.717, 1.165) is 5.56 Å². The second kappa shape index (κ2) is 5.10. The van der Waals surface area contributed by atoms with Crippen LogP contribution in [0.4, 0.5) is 16.2 Å². The van der Waals surface area contributed by atoms with Gasteiger partial charge in [-0.3, -0.25) is 5.41 Å². The van der Waals surface area contributed by atoms with Gasteiger partial charge in [-0.2, -0.15) is 0 Å². The molecule has 0 atom stereocenters. The average Bonchev–Trinajstić information content (AvgIpc) is 2.72. The molecule has 1 N–H and O–H groups in total. The average molecular weight is 295 g/mol. The minimum Gasteiger partial charge on any atom is -0.281 e. The molecule has 1 aliphatic heterocycles. The molecule has 1 heterocycles. The first kappa shape index (κ1) is 13.5. The molecule has 2 aromatic carbocycles. The summed E-state index contributed by atoms with van der Waals surface area (Å²) in [6, 6.07) is 16.3. The van der Waals surface area contributed by atoms with Gasteiger partial charge < -0.3 is 0 Å². The van der Waals surface area contributed by atoms with E-state index in [1.807, 2.05) is 49.4 Å². The minimum absolute atomic E-state index is 0.0294. The molecular weight excluding hydrogens is 282 g/mol. The zero-order valence-electron chi connectivity index (χ0n) is 11.4. The number of urea groups is 1. The van der Waals surface area contributed by atoms with E-state index in [2.05, 4.69) is 0 Å². The number of amidine groups is 1. The maximum atomic E-state index is 12.6. The van der Waals surface area contributed by atoms with Gasteiger partial charge in [-0.05, 0) is 31.2 Å². The zero-order chi connectivity index (χ0) is 15.0. The molecule has 21 heavy (non-hydrogen) atoms. The maximum Gasteiger partial charge on any atom is 0.340 e. The quantitative estimate of drug-likeness (QED) is 0.858. The van der Waals surface area contributed by atoms with Crippen molar-refractivity contribution in [3.63, 3.8) is 0 Å². The summed E-state index contributed by atoms with van der Waals surface area (Å²) in [5, 5.41) is 8.12. The Bertz CT molecular complexity index is 725. The number of carbonyl (C=O) groups is 1. The van der Waals surface area contributed by atoms with Gasteiger partial charge >= 0.3 is 6.03 Å². The van der Waals surface area contributed by atoms with Gasteiger partial charge in [0.1, 0.15) is 0 Å². The number of thiocarbonyl (C=S) groups is 1. The lowest BCUT2D eigenvalue weighted by Gasteiger charge is -2.17. The van der Waals surface area contributed by atoms with Crippen LogP contribution in [0.2, 0.25) is 0 Å². The minimum atomic E-state index is -0.319. The highest BCUT2D eigenvalue weighted by molar-refractivity contribution is 7.82. The van der Waals surface area contributed by atoms with Gasteiger partial charge in [0.05, 0.1) is 11.4 Å². The molecule has 1 fully saturated rings. The molecule has 104 valence electrons. The van der Waals surface area contributed by atoms with Gasteiger partial charge in [0.2, 0.25) is 0 Å². The van der Waals surface area contributed by atoms with Crippen LogP contribution in [0.1, 0.15) is 5.56 Å². The molecule has 3 rings (SSSR count). The van der Waals surface area contributed by atoms with Crippen molar-refractivity contribution in [1.82, 2.24) is 0 Å². The summed E-state index contributed by atoms with van der Waals surface area (Å²) in [4.78, 5) is 15.6. The van der Waals surface area contributed by atoms with Crippen LogP contribution in [-0.4, -0.2) is 16.9 Å². The van der Waals surface area contributed by atoms with Gasteiger partial charge in [-0.25, -0.2) is 14.6 Å². The summed E-state index contributed by atoms with van der Waals surface area (Å²) in [6.07, 6.45) is 0. The van der Waals surface area contributed by atoms with Crippen LogP contribution < -0.4 is 9.80 Å². The Labute approximate surface area is 128 Å². The number of aryl methyl sites for hydroxylation is 1. The standard InChI is InChI=1S/C16H13N3OS/c1-11-7-9-13(10-8-11)19-15(21)14(17)18(16(19)20)12-5-3-2-4-6-12/h2-10,17H,1H3. The van der Waals surface area contributed by atoms with E-state index in [1.165, 1.54) is 9.80 Å². The van der Waals surface area contributed by atoms with Crippen molar-refractivity contribution < 1.29 is 4.79 Å². The predicted octanol–water partition coefficient (Wildman–Crippen LogP) is 3.75. The molecule has 2 aromatic rings. The number of hydrogen-bond donors (Lipinski definition) is 1. The van der Waals surface area contributed by atoms with E-state index in [9.17, 15) is 4.79 Å². The molecule has 0 aliphatic carbocycles. The lowest BCUT2D eigenvalue weighted by atomic mass is 10.2. The Balaban J connectivity index is 2.02. The molecule has 1 aliphatic rings. The molecule has 5 heteroatoms. The van der Waals surface area contributed by atoms with Crippen LogP contribution in [0.5, 0.6) is 0 Å². The first-order chi connectivity index (χ1) is 10.1. The third-order valence-corrected chi connectivity index (χ3v) is 3.69. The number of anilines is 2. The first-order valence-electron chi connectivity index (χ1n) is 6.48. The zero-order valence-corrected chi connectivity index (χ0v) is 12.2. The second-order valence-electron chi connectivity index (χ2n) is 4.78. The Morgan fingerprint density at radius 3 is 2.10 bits per heavy atom. The van der Waals surface area contributed by atoms with Crippen LogP contribution >= 0.6 is 12.2 Å². The molecule has 4 nitrogen and oxygen atoms in total. The number of benzene rings is 2. The fraction of sp³-hybridized carbons (Fsp3) is 0.0625. The molecule has 1 saturated heterocycles. The normalized spacial score (nSPS) is 15.0. The predicted molar refractivity (Wildman–Crippen MR) is 88.3 cm³/mol. The van der Waals surface area contributed by atoms with Crippen LogP contribution in [-0.2, 0) is 0 Å². The lowest BCUT2D eigenvalue weighted by Crippen LogP contribution is -2.33. The SMILES string of the molecule is Cc1ccc(N2C(=O)N(c3ccccc3)C(=N)C2=S)cc1. The lowest BCUT2D eigenvalue weighted by molar-refractivity contribution is 0.257. The molecule has 0 unspecified atom stereocenters. The van der Waals surface area contributed by atoms with Crippen molar-refractivity contribution in [2.75, 3.05) is 9.80 Å². The van der Waals surface area contributed by atoms with E-state index >= 15 is 0 Å². The summed E-state index contributed by atoms with van der Waals surface area (Å²) in [6.45, 7) is 1.98. The number of nitrogens with zero attached hydrogens (tertiary/aromatic N) is 2. The number of nitrogens with one attached hydrogen (secondary N) is 1. The van der Waals surface area contributed by atoms with Gasteiger partial charge in [-0.1, -0.05) is 48.1 Å². The van der Waals surface area contributed by atoms with Crippen molar-refractivity contribution in [2.24, 2.45) is 0 Å². The van der Waals surface area contributed by atoms with Gasteiger partial charge in [0.25, 0.3) is 0 Å². The van der Waals surface area contributed by atoms with Gasteiger partial charge in [0.15, 0.2) is 10.8 Å².